The van der Waals surface area contributed by atoms with Crippen molar-refractivity contribution in [1.29, 1.82) is 0 Å². The van der Waals surface area contributed by atoms with Crippen molar-refractivity contribution in [3.8, 4) is 11.4 Å². The molecule has 0 saturated heterocycles. The van der Waals surface area contributed by atoms with Crippen LogP contribution in [0.1, 0.15) is 68.2 Å². The summed E-state index contributed by atoms with van der Waals surface area (Å²) in [5, 5.41) is 10.9. The number of carbonyl (C=O) groups is 1. The van der Waals surface area contributed by atoms with Crippen molar-refractivity contribution in [3.05, 3.63) is 47.2 Å². The highest BCUT2D eigenvalue weighted by atomic mass is 19.1. The summed E-state index contributed by atoms with van der Waals surface area (Å²) >= 11 is 0. The van der Waals surface area contributed by atoms with Crippen LogP contribution in [0.2, 0.25) is 0 Å². The van der Waals surface area contributed by atoms with Crippen LogP contribution in [0.25, 0.3) is 11.4 Å². The molecule has 1 atom stereocenters. The average Bonchev–Trinajstić information content (AvgIpc) is 3.25. The van der Waals surface area contributed by atoms with E-state index in [9.17, 15) is 9.18 Å². The van der Waals surface area contributed by atoms with Gasteiger partial charge < -0.3 is 14.4 Å². The van der Waals surface area contributed by atoms with E-state index in [0.29, 0.717) is 34.7 Å². The zero-order chi connectivity index (χ0) is 21.3. The third kappa shape index (κ3) is 4.55. The molecule has 0 aliphatic heterocycles. The van der Waals surface area contributed by atoms with Gasteiger partial charge in [-0.3, -0.25) is 4.79 Å². The molecule has 4 rings (SSSR count). The van der Waals surface area contributed by atoms with Gasteiger partial charge in [-0.05, 0) is 37.3 Å². The smallest absolute Gasteiger partial charge is 0.249 e. The van der Waals surface area contributed by atoms with Crippen molar-refractivity contribution < 1.29 is 18.2 Å². The molecule has 0 bridgehead atoms. The van der Waals surface area contributed by atoms with Crippen LogP contribution in [0.3, 0.4) is 0 Å². The van der Waals surface area contributed by atoms with Crippen LogP contribution in [-0.2, 0) is 11.2 Å². The van der Waals surface area contributed by atoms with Gasteiger partial charge in [0.05, 0.1) is 0 Å². The molecule has 1 aliphatic rings. The number of amides is 1. The van der Waals surface area contributed by atoms with Gasteiger partial charge in [0.15, 0.2) is 5.82 Å². The Kier molecular flexibility index (Phi) is 5.61. The fourth-order valence-electron chi connectivity index (χ4n) is 3.07. The van der Waals surface area contributed by atoms with E-state index in [0.717, 1.165) is 18.7 Å². The third-order valence-electron chi connectivity index (χ3n) is 5.11. The van der Waals surface area contributed by atoms with Gasteiger partial charge in [-0.25, -0.2) is 4.39 Å². The van der Waals surface area contributed by atoms with Gasteiger partial charge in [-0.2, -0.15) is 9.97 Å². The van der Waals surface area contributed by atoms with Gasteiger partial charge in [0, 0.05) is 24.3 Å². The second kappa shape index (κ2) is 8.33. The average molecular weight is 413 g/mol. The van der Waals surface area contributed by atoms with Crippen LogP contribution in [0, 0.1) is 18.7 Å². The molecule has 1 unspecified atom stereocenters. The summed E-state index contributed by atoms with van der Waals surface area (Å²) in [6.45, 7) is 5.65. The lowest BCUT2D eigenvalue weighted by molar-refractivity contribution is -0.122. The molecule has 0 spiro atoms. The number of rotatable bonds is 8. The number of nitrogens with one attached hydrogen (secondary N) is 1. The number of nitrogens with zero attached hydrogens (tertiary/aromatic N) is 4. The van der Waals surface area contributed by atoms with Crippen molar-refractivity contribution in [1.82, 2.24) is 25.6 Å². The molecule has 2 aromatic heterocycles. The minimum Gasteiger partial charge on any atom is -0.344 e. The topological polar surface area (TPSA) is 107 Å². The molecule has 158 valence electrons. The molecule has 30 heavy (non-hydrogen) atoms. The predicted octanol–water partition coefficient (Wildman–Crippen LogP) is 3.89. The Hall–Kier alpha value is -3.10. The van der Waals surface area contributed by atoms with Crippen molar-refractivity contribution in [2.24, 2.45) is 5.92 Å². The highest BCUT2D eigenvalue weighted by Crippen LogP contribution is 2.38. The lowest BCUT2D eigenvalue weighted by Crippen LogP contribution is -2.32. The fraction of sp³-hybridized carbons (Fsp3) is 0.476. The number of benzene rings is 1. The minimum atomic E-state index is -0.355. The van der Waals surface area contributed by atoms with Gasteiger partial charge in [0.25, 0.3) is 0 Å². The standard InChI is InChI=1S/C21H24FN5O3/c1-11(2)18(21-25-19(27-30-21)13-6-7-13)23-16(28)8-9-17-24-20(26-29-17)14-5-4-12(3)15(22)10-14/h4-5,10-11,13,18H,6-9H2,1-3H3,(H,23,28). The maximum atomic E-state index is 13.7. The van der Waals surface area contributed by atoms with E-state index in [4.69, 9.17) is 9.05 Å². The Balaban J connectivity index is 1.35. The monoisotopic (exact) mass is 413 g/mol. The maximum Gasteiger partial charge on any atom is 0.249 e. The second-order valence-electron chi connectivity index (χ2n) is 8.03. The van der Waals surface area contributed by atoms with Crippen molar-refractivity contribution in [2.45, 2.75) is 58.4 Å². The summed E-state index contributed by atoms with van der Waals surface area (Å²) in [4.78, 5) is 21.2. The van der Waals surface area contributed by atoms with Gasteiger partial charge in [-0.1, -0.05) is 36.3 Å². The number of halogens is 1. The molecule has 3 aromatic rings. The molecule has 1 aliphatic carbocycles. The summed E-state index contributed by atoms with van der Waals surface area (Å²) in [7, 11) is 0. The van der Waals surface area contributed by atoms with E-state index >= 15 is 0 Å². The first kappa shape index (κ1) is 20.2. The van der Waals surface area contributed by atoms with Gasteiger partial charge in [0.1, 0.15) is 11.9 Å². The van der Waals surface area contributed by atoms with E-state index in [1.165, 1.54) is 6.07 Å². The minimum absolute atomic E-state index is 0.0906. The number of carbonyl (C=O) groups excluding carboxylic acids is 1. The lowest BCUT2D eigenvalue weighted by Gasteiger charge is -2.18. The summed E-state index contributed by atoms with van der Waals surface area (Å²) in [5.74, 6) is 1.73. The summed E-state index contributed by atoms with van der Waals surface area (Å²) in [5.41, 5.74) is 1.07. The van der Waals surface area contributed by atoms with Crippen LogP contribution in [0.4, 0.5) is 4.39 Å². The zero-order valence-corrected chi connectivity index (χ0v) is 17.2. The Bertz CT molecular complexity index is 1040. The van der Waals surface area contributed by atoms with Crippen LogP contribution in [-0.4, -0.2) is 26.2 Å². The van der Waals surface area contributed by atoms with Crippen molar-refractivity contribution in [3.63, 3.8) is 0 Å². The Morgan fingerprint density at radius 1 is 1.23 bits per heavy atom. The molecule has 1 fully saturated rings. The fourth-order valence-corrected chi connectivity index (χ4v) is 3.07. The first-order chi connectivity index (χ1) is 14.4. The molecule has 8 nitrogen and oxygen atoms in total. The van der Waals surface area contributed by atoms with E-state index < -0.39 is 0 Å². The Morgan fingerprint density at radius 3 is 2.73 bits per heavy atom. The summed E-state index contributed by atoms with van der Waals surface area (Å²) < 4.78 is 24.3. The van der Waals surface area contributed by atoms with Gasteiger partial charge >= 0.3 is 0 Å². The molecule has 0 radical (unpaired) electrons. The first-order valence-corrected chi connectivity index (χ1v) is 10.1. The van der Waals surface area contributed by atoms with Crippen LogP contribution >= 0.6 is 0 Å². The quantitative estimate of drug-likeness (QED) is 0.597. The predicted molar refractivity (Wildman–Crippen MR) is 105 cm³/mol. The summed E-state index contributed by atoms with van der Waals surface area (Å²) in [6, 6.07) is 4.40. The van der Waals surface area contributed by atoms with Gasteiger partial charge in [0.2, 0.25) is 23.5 Å². The number of hydrogen-bond acceptors (Lipinski definition) is 7. The SMILES string of the molecule is Cc1ccc(-c2noc(CCC(=O)NC(c3nc(C4CC4)no3)C(C)C)n2)cc1F. The molecular weight excluding hydrogens is 389 g/mol. The second-order valence-corrected chi connectivity index (χ2v) is 8.03. The van der Waals surface area contributed by atoms with Crippen LogP contribution < -0.4 is 5.32 Å². The summed E-state index contributed by atoms with van der Waals surface area (Å²) in [6.07, 6.45) is 2.60. The highest BCUT2D eigenvalue weighted by Gasteiger charge is 2.31. The van der Waals surface area contributed by atoms with Crippen LogP contribution in [0.5, 0.6) is 0 Å². The molecule has 2 heterocycles. The number of aromatic nitrogens is 4. The zero-order valence-electron chi connectivity index (χ0n) is 17.2. The molecule has 1 saturated carbocycles. The van der Waals surface area contributed by atoms with E-state index in [2.05, 4.69) is 25.6 Å². The van der Waals surface area contributed by atoms with Gasteiger partial charge in [-0.15, -0.1) is 0 Å². The van der Waals surface area contributed by atoms with E-state index in [-0.39, 0.29) is 36.5 Å². The number of hydrogen-bond donors (Lipinski definition) is 1. The highest BCUT2D eigenvalue weighted by molar-refractivity contribution is 5.76. The van der Waals surface area contributed by atoms with E-state index in [1.807, 2.05) is 13.8 Å². The molecular formula is C21H24FN5O3. The van der Waals surface area contributed by atoms with Crippen molar-refractivity contribution >= 4 is 5.91 Å². The molecule has 1 amide bonds. The third-order valence-corrected chi connectivity index (χ3v) is 5.11. The lowest BCUT2D eigenvalue weighted by atomic mass is 10.0. The largest absolute Gasteiger partial charge is 0.344 e. The first-order valence-electron chi connectivity index (χ1n) is 10.1. The molecule has 1 aromatic carbocycles. The van der Waals surface area contributed by atoms with Crippen molar-refractivity contribution in [2.75, 3.05) is 0 Å². The number of aryl methyl sites for hydroxylation is 2. The Labute approximate surface area is 173 Å². The maximum absolute atomic E-state index is 13.7. The molecule has 9 heteroatoms. The molecule has 1 N–H and O–H groups in total. The van der Waals surface area contributed by atoms with E-state index in [1.54, 1.807) is 19.1 Å². The van der Waals surface area contributed by atoms with Crippen LogP contribution in [0.15, 0.2) is 27.2 Å². The Morgan fingerprint density at radius 2 is 2.03 bits per heavy atom. The normalized spacial score (nSPS) is 14.8.